The first-order chi connectivity index (χ1) is 5.95. The molecule has 1 aliphatic rings. The molecule has 3 heteroatoms. The highest BCUT2D eigenvalue weighted by Crippen LogP contribution is 2.15. The third-order valence-electron chi connectivity index (χ3n) is 1.09. The summed E-state index contributed by atoms with van der Waals surface area (Å²) in [6, 6.07) is 0. The molecule has 0 saturated heterocycles. The third kappa shape index (κ3) is 0.650. The van der Waals surface area contributed by atoms with Gasteiger partial charge in [-0.2, -0.15) is 0 Å². The van der Waals surface area contributed by atoms with Crippen molar-refractivity contribution in [1.29, 1.82) is 0 Å². The Labute approximate surface area is 58.8 Å². The van der Waals surface area contributed by atoms with Gasteiger partial charge in [0.1, 0.15) is 12.1 Å². The van der Waals surface area contributed by atoms with Crippen molar-refractivity contribution in [1.82, 2.24) is 9.97 Å². The highest BCUT2D eigenvalue weighted by molar-refractivity contribution is 5.46. The van der Waals surface area contributed by atoms with Crippen LogP contribution in [0.1, 0.15) is 11.0 Å². The molecule has 46 valence electrons. The minimum atomic E-state index is -2.12. The van der Waals surface area contributed by atoms with Gasteiger partial charge in [0.15, 0.2) is 0 Å². The Morgan fingerprint density at radius 2 is 2.78 bits per heavy atom. The second kappa shape index (κ2) is 1.69. The van der Waals surface area contributed by atoms with Crippen LogP contribution < -0.4 is 5.32 Å². The fourth-order valence-corrected chi connectivity index (χ4v) is 0.678. The Balaban J connectivity index is 2.60. The third-order valence-corrected chi connectivity index (χ3v) is 1.09. The Morgan fingerprint density at radius 3 is 3.67 bits per heavy atom. The van der Waals surface area contributed by atoms with Crippen LogP contribution in [0.5, 0.6) is 0 Å². The van der Waals surface area contributed by atoms with Crippen molar-refractivity contribution in [2.45, 2.75) is 6.37 Å². The second-order valence-electron chi connectivity index (χ2n) is 1.66. The summed E-state index contributed by atoms with van der Waals surface area (Å²) < 4.78 is 29.8. The quantitative estimate of drug-likeness (QED) is 0.547. The van der Waals surface area contributed by atoms with Crippen LogP contribution in [0.15, 0.2) is 12.5 Å². The molecule has 0 bridgehead atoms. The maximum absolute atomic E-state index is 7.52. The zero-order valence-corrected chi connectivity index (χ0v) is 4.55. The molecule has 2 rings (SSSR count). The summed E-state index contributed by atoms with van der Waals surface area (Å²) in [7, 11) is 0. The topological polar surface area (TPSA) is 37.8 Å². The molecule has 1 aromatic rings. The summed E-state index contributed by atoms with van der Waals surface area (Å²) in [4.78, 5) is 7.41. The van der Waals surface area contributed by atoms with Crippen molar-refractivity contribution in [3.63, 3.8) is 0 Å². The van der Waals surface area contributed by atoms with E-state index in [0.717, 1.165) is 0 Å². The number of anilines is 1. The molecule has 3 nitrogen and oxygen atoms in total. The van der Waals surface area contributed by atoms with Gasteiger partial charge in [0.05, 0.1) is 0 Å². The van der Waals surface area contributed by atoms with E-state index < -0.39 is 12.9 Å². The number of rotatable bonds is 0. The summed E-state index contributed by atoms with van der Waals surface area (Å²) >= 11 is 0. The van der Waals surface area contributed by atoms with E-state index in [9.17, 15) is 0 Å². The number of hydrogen-bond acceptors (Lipinski definition) is 3. The second-order valence-corrected chi connectivity index (χ2v) is 1.66. The molecule has 9 heavy (non-hydrogen) atoms. The number of aryl methyl sites for hydroxylation is 1. The minimum Gasteiger partial charge on any atom is -0.369 e. The van der Waals surface area contributed by atoms with Crippen molar-refractivity contribution in [3.05, 3.63) is 18.1 Å². The van der Waals surface area contributed by atoms with Crippen molar-refractivity contribution in [2.24, 2.45) is 0 Å². The summed E-state index contributed by atoms with van der Waals surface area (Å²) in [6.07, 6.45) is 0.465. The molecule has 1 aliphatic heterocycles. The van der Waals surface area contributed by atoms with Gasteiger partial charge >= 0.3 is 0 Å². The van der Waals surface area contributed by atoms with Crippen molar-refractivity contribution < 1.29 is 5.48 Å². The van der Waals surface area contributed by atoms with Crippen molar-refractivity contribution >= 4 is 5.82 Å². The molecule has 2 heterocycles. The summed E-state index contributed by atoms with van der Waals surface area (Å²) in [5.41, 5.74) is 0.167. The van der Waals surface area contributed by atoms with Gasteiger partial charge in [-0.15, -0.1) is 0 Å². The van der Waals surface area contributed by atoms with E-state index in [1.807, 2.05) is 0 Å². The van der Waals surface area contributed by atoms with Gasteiger partial charge in [0.2, 0.25) is 0 Å². The Bertz CT molecular complexity index is 351. The first-order valence-electron chi connectivity index (χ1n) is 4.54. The highest BCUT2D eigenvalue weighted by Gasteiger charge is 2.08. The maximum atomic E-state index is 7.52. The van der Waals surface area contributed by atoms with Crippen LogP contribution in [0.25, 0.3) is 0 Å². The molecule has 0 atom stereocenters. The summed E-state index contributed by atoms with van der Waals surface area (Å²) in [5, 5.41) is 2.37. The Hall–Kier alpha value is -1.12. The number of nitrogens with zero attached hydrogens (tertiary/aromatic N) is 2. The van der Waals surface area contributed by atoms with Gasteiger partial charge in [-0.3, -0.25) is 0 Å². The fourth-order valence-electron chi connectivity index (χ4n) is 0.678. The van der Waals surface area contributed by atoms with Gasteiger partial charge in [-0.05, 0) is 6.37 Å². The van der Waals surface area contributed by atoms with Crippen molar-refractivity contribution in [2.75, 3.05) is 11.8 Å². The van der Waals surface area contributed by atoms with Crippen LogP contribution in [-0.4, -0.2) is 16.5 Å². The predicted octanol–water partition coefficient (Wildman–Crippen LogP) is 0.445. The van der Waals surface area contributed by atoms with E-state index in [1.165, 1.54) is 12.5 Å². The van der Waals surface area contributed by atoms with Crippen LogP contribution in [0.3, 0.4) is 0 Å². The lowest BCUT2D eigenvalue weighted by atomic mass is 10.3. The average molecular weight is 125 g/mol. The summed E-state index contributed by atoms with van der Waals surface area (Å²) in [6.45, 7) is -2.12. The molecule has 0 amide bonds. The lowest BCUT2D eigenvalue weighted by molar-refractivity contribution is 1.09. The molecule has 1 N–H and O–H groups in total. The lowest BCUT2D eigenvalue weighted by Crippen LogP contribution is -1.92. The lowest BCUT2D eigenvalue weighted by Gasteiger charge is -1.92. The standard InChI is InChI=1S/C6H7N3/c1-2-8-6-5(1)3-7-4-9-6/h3-4H,1-2H2,(H,7,8,9)/i1D2,2D2. The van der Waals surface area contributed by atoms with Crippen LogP contribution in [-0.2, 0) is 6.37 Å². The molecular weight excluding hydrogens is 114 g/mol. The highest BCUT2D eigenvalue weighted by atomic mass is 15.0. The number of fused-ring (bicyclic) bond motifs is 1. The number of hydrogen-bond donors (Lipinski definition) is 1. The molecule has 0 saturated carbocycles. The van der Waals surface area contributed by atoms with E-state index in [2.05, 4.69) is 15.3 Å². The van der Waals surface area contributed by atoms with E-state index >= 15 is 0 Å². The molecular formula is C6H7N3. The molecule has 0 aromatic carbocycles. The summed E-state index contributed by atoms with van der Waals surface area (Å²) in [5.74, 6) is 0.227. The molecule has 0 unspecified atom stereocenters. The van der Waals surface area contributed by atoms with Crippen LogP contribution >= 0.6 is 0 Å². The van der Waals surface area contributed by atoms with E-state index in [-0.39, 0.29) is 11.4 Å². The van der Waals surface area contributed by atoms with Gasteiger partial charge in [0.25, 0.3) is 0 Å². The maximum Gasteiger partial charge on any atom is 0.132 e. The molecule has 0 radical (unpaired) electrons. The zero-order valence-electron chi connectivity index (χ0n) is 8.55. The van der Waals surface area contributed by atoms with Crippen molar-refractivity contribution in [3.8, 4) is 0 Å². The largest absolute Gasteiger partial charge is 0.369 e. The zero-order chi connectivity index (χ0) is 9.69. The van der Waals surface area contributed by atoms with Gasteiger partial charge < -0.3 is 5.32 Å². The van der Waals surface area contributed by atoms with Crippen LogP contribution in [0.2, 0.25) is 0 Å². The van der Waals surface area contributed by atoms with E-state index in [1.54, 1.807) is 0 Å². The van der Waals surface area contributed by atoms with E-state index in [4.69, 9.17) is 5.48 Å². The van der Waals surface area contributed by atoms with E-state index in [0.29, 0.717) is 0 Å². The normalized spacial score (nSPS) is 32.4. The Morgan fingerprint density at radius 1 is 1.78 bits per heavy atom. The molecule has 0 fully saturated rings. The van der Waals surface area contributed by atoms with Gasteiger partial charge in [-0.1, -0.05) is 0 Å². The Kier molecular flexibility index (Phi) is 0.421. The fraction of sp³-hybridized carbons (Fsp3) is 0.333. The number of nitrogens with one attached hydrogen (secondary N) is 1. The first kappa shape index (κ1) is 2.25. The molecule has 0 aliphatic carbocycles. The minimum absolute atomic E-state index is 0.167. The number of aromatic nitrogens is 2. The first-order valence-corrected chi connectivity index (χ1v) is 2.54. The monoisotopic (exact) mass is 125 g/mol. The molecule has 1 aromatic heterocycles. The average Bonchev–Trinajstić information content (AvgIpc) is 2.20. The van der Waals surface area contributed by atoms with Crippen LogP contribution in [0, 0.1) is 0 Å². The van der Waals surface area contributed by atoms with Gasteiger partial charge in [0, 0.05) is 23.7 Å². The SMILES string of the molecule is [2H]C1([2H])Nc2ncncc2C1([2H])[2H]. The van der Waals surface area contributed by atoms with Crippen LogP contribution in [0.4, 0.5) is 5.82 Å². The van der Waals surface area contributed by atoms with Gasteiger partial charge in [-0.25, -0.2) is 9.97 Å². The smallest absolute Gasteiger partial charge is 0.132 e. The molecule has 0 spiro atoms. The predicted molar refractivity (Wildman–Crippen MR) is 34.2 cm³/mol.